The van der Waals surface area contributed by atoms with Crippen LogP contribution in [0.3, 0.4) is 0 Å². The zero-order valence-corrected chi connectivity index (χ0v) is 23.0. The summed E-state index contributed by atoms with van der Waals surface area (Å²) in [7, 11) is -2.77. The second kappa shape index (κ2) is 10.6. The second-order valence-electron chi connectivity index (χ2n) is 10.5. The monoisotopic (exact) mass is 575 g/mol. The number of anilines is 2. The van der Waals surface area contributed by atoms with Gasteiger partial charge in [-0.1, -0.05) is 6.07 Å². The molecule has 2 aliphatic heterocycles. The van der Waals surface area contributed by atoms with Crippen molar-refractivity contribution in [3.63, 3.8) is 0 Å². The molecule has 39 heavy (non-hydrogen) atoms. The van der Waals surface area contributed by atoms with Gasteiger partial charge in [0.15, 0.2) is 17.3 Å². The number of likely N-dealkylation sites (N-methyl/N-ethyl adjacent to an activating group) is 1. The number of hydrogen-bond acceptors (Lipinski definition) is 7. The predicted octanol–water partition coefficient (Wildman–Crippen LogP) is 4.11. The van der Waals surface area contributed by atoms with Crippen LogP contribution in [0, 0.1) is 5.82 Å². The fourth-order valence-corrected chi connectivity index (χ4v) is 7.17. The van der Waals surface area contributed by atoms with E-state index in [0.29, 0.717) is 31.7 Å². The average molecular weight is 576 g/mol. The summed E-state index contributed by atoms with van der Waals surface area (Å²) in [5, 5.41) is 12.2. The van der Waals surface area contributed by atoms with Crippen molar-refractivity contribution in [3.8, 4) is 11.5 Å². The van der Waals surface area contributed by atoms with Gasteiger partial charge in [-0.3, -0.25) is 4.90 Å². The van der Waals surface area contributed by atoms with E-state index in [1.54, 1.807) is 18.2 Å². The molecule has 1 spiro atoms. The number of benzene rings is 1. The number of alkyl halides is 3. The van der Waals surface area contributed by atoms with Gasteiger partial charge in [-0.05, 0) is 51.3 Å². The maximum absolute atomic E-state index is 14.3. The molecule has 2 N–H and O–H groups in total. The first-order valence-corrected chi connectivity index (χ1v) is 14.0. The number of likely N-dealkylation sites (tertiary alicyclic amines) is 1. The summed E-state index contributed by atoms with van der Waals surface area (Å²) in [4.78, 5) is 5.93. The number of hydrogen-bond donors (Lipinski definition) is 2. The third-order valence-electron chi connectivity index (χ3n) is 7.02. The molecule has 0 bridgehead atoms. The second-order valence-corrected chi connectivity index (χ2v) is 12.4. The van der Waals surface area contributed by atoms with Crippen molar-refractivity contribution in [2.24, 2.45) is 0 Å². The van der Waals surface area contributed by atoms with Crippen LogP contribution in [0.25, 0.3) is 0 Å². The largest absolute Gasteiger partial charge is 0.504 e. The molecule has 4 rings (SSSR count). The van der Waals surface area contributed by atoms with E-state index in [2.05, 4.69) is 15.2 Å². The molecular weight excluding hydrogens is 542 g/mol. The Bertz CT molecular complexity index is 1310. The third-order valence-corrected chi connectivity index (χ3v) is 8.98. The van der Waals surface area contributed by atoms with Crippen molar-refractivity contribution in [1.29, 1.82) is 0 Å². The van der Waals surface area contributed by atoms with Gasteiger partial charge in [-0.25, -0.2) is 13.7 Å². The molecule has 2 aromatic rings. The number of pyridine rings is 1. The lowest BCUT2D eigenvalue weighted by atomic mass is 9.82. The molecule has 1 aromatic heterocycles. The molecule has 0 unspecified atom stereocenters. The van der Waals surface area contributed by atoms with Crippen molar-refractivity contribution in [2.45, 2.75) is 64.0 Å². The normalized spacial score (nSPS) is 24.0. The lowest BCUT2D eigenvalue weighted by Crippen LogP contribution is -2.57. The summed E-state index contributed by atoms with van der Waals surface area (Å²) in [5.74, 6) is -0.814. The van der Waals surface area contributed by atoms with E-state index < -0.39 is 34.3 Å². The van der Waals surface area contributed by atoms with E-state index >= 15 is 0 Å². The van der Waals surface area contributed by atoms with Crippen molar-refractivity contribution in [1.82, 2.24) is 14.2 Å². The number of halogens is 4. The average Bonchev–Trinajstić information content (AvgIpc) is 3.00. The third kappa shape index (κ3) is 6.17. The minimum absolute atomic E-state index is 0.0339. The maximum Gasteiger partial charge on any atom is 0.405 e. The molecule has 9 nitrogen and oxygen atoms in total. The molecule has 2 fully saturated rings. The molecule has 2 saturated heterocycles. The zero-order valence-electron chi connectivity index (χ0n) is 22.2. The number of nitrogens with one attached hydrogen (secondary N) is 1. The minimum atomic E-state index is -4.58. The van der Waals surface area contributed by atoms with Crippen LogP contribution in [-0.4, -0.2) is 78.3 Å². The zero-order chi connectivity index (χ0) is 28.8. The van der Waals surface area contributed by atoms with Crippen LogP contribution in [0.4, 0.5) is 29.1 Å². The highest BCUT2D eigenvalue weighted by Crippen LogP contribution is 2.46. The van der Waals surface area contributed by atoms with Crippen LogP contribution in [0.2, 0.25) is 0 Å². The lowest BCUT2D eigenvalue weighted by Gasteiger charge is -2.47. The topological polar surface area (TPSA) is 98.2 Å². The molecular formula is C25H33F4N5O4S. The van der Waals surface area contributed by atoms with Gasteiger partial charge in [0.05, 0.1) is 23.5 Å². The molecule has 216 valence electrons. The number of aromatic hydroxyl groups is 1. The molecule has 0 amide bonds. The van der Waals surface area contributed by atoms with Gasteiger partial charge >= 0.3 is 16.4 Å². The molecule has 3 heterocycles. The van der Waals surface area contributed by atoms with Gasteiger partial charge in [-0.15, -0.1) is 0 Å². The van der Waals surface area contributed by atoms with Gasteiger partial charge in [0, 0.05) is 38.8 Å². The maximum atomic E-state index is 14.3. The van der Waals surface area contributed by atoms with E-state index in [0.717, 1.165) is 26.4 Å². The number of rotatable bonds is 7. The van der Waals surface area contributed by atoms with Crippen LogP contribution in [0.15, 0.2) is 30.5 Å². The van der Waals surface area contributed by atoms with E-state index in [1.165, 1.54) is 7.05 Å². The Morgan fingerprint density at radius 1 is 1.28 bits per heavy atom. The standard InChI is InChI=1S/C25H33F4N5O4S/c1-16(2)38-22-9-18(5-6-21(22)35)13-33-8-7-24(11-17(33)3)15-32(4)39(36,37)34(24)20-10-19(26)12-30-23(20)31-14-25(27,28)29/h5-6,9-10,12,16-17,35H,7-8,11,13-15H2,1-4H3,(H,30,31)/t17-,24+/m0/s1. The van der Waals surface area contributed by atoms with Crippen molar-refractivity contribution < 1.29 is 35.8 Å². The molecule has 2 aliphatic rings. The first-order valence-electron chi connectivity index (χ1n) is 12.6. The van der Waals surface area contributed by atoms with Crippen LogP contribution in [0.1, 0.15) is 39.2 Å². The molecule has 0 aliphatic carbocycles. The Balaban J connectivity index is 1.62. The van der Waals surface area contributed by atoms with Gasteiger partial charge < -0.3 is 15.2 Å². The summed E-state index contributed by atoms with van der Waals surface area (Å²) >= 11 is 0. The SMILES string of the molecule is CC(C)Oc1cc(CN2CC[C@@]3(C[C@@H]2C)CN(C)S(=O)(=O)N3c2cc(F)cnc2NCC(F)(F)F)ccc1O. The summed E-state index contributed by atoms with van der Waals surface area (Å²) in [6.07, 6.45) is -3.26. The first-order chi connectivity index (χ1) is 18.1. The highest BCUT2D eigenvalue weighted by Gasteiger charge is 2.56. The Hall–Kier alpha value is -2.84. The highest BCUT2D eigenvalue weighted by atomic mass is 32.2. The van der Waals surface area contributed by atoms with Gasteiger partial charge in [0.25, 0.3) is 0 Å². The number of piperidine rings is 1. The lowest BCUT2D eigenvalue weighted by molar-refractivity contribution is -0.115. The Labute approximate surface area is 225 Å². The van der Waals surface area contributed by atoms with E-state index in [1.807, 2.05) is 20.8 Å². The van der Waals surface area contributed by atoms with Gasteiger partial charge in [0.2, 0.25) is 0 Å². The fraction of sp³-hybridized carbons (Fsp3) is 0.560. The Kier molecular flexibility index (Phi) is 7.94. The van der Waals surface area contributed by atoms with E-state index in [4.69, 9.17) is 4.74 Å². The quantitative estimate of drug-likeness (QED) is 0.480. The highest BCUT2D eigenvalue weighted by molar-refractivity contribution is 7.90. The molecule has 0 radical (unpaired) electrons. The van der Waals surface area contributed by atoms with Crippen molar-refractivity contribution in [3.05, 3.63) is 41.8 Å². The van der Waals surface area contributed by atoms with Crippen LogP contribution in [0.5, 0.6) is 11.5 Å². The number of ether oxygens (including phenoxy) is 1. The fourth-order valence-electron chi connectivity index (χ4n) is 5.38. The minimum Gasteiger partial charge on any atom is -0.504 e. The predicted molar refractivity (Wildman–Crippen MR) is 138 cm³/mol. The summed E-state index contributed by atoms with van der Waals surface area (Å²) < 4.78 is 88.0. The van der Waals surface area contributed by atoms with Gasteiger partial charge in [0.1, 0.15) is 12.4 Å². The summed E-state index contributed by atoms with van der Waals surface area (Å²) in [6, 6.07) is 5.89. The van der Waals surface area contributed by atoms with Crippen LogP contribution >= 0.6 is 0 Å². The number of nitrogens with zero attached hydrogens (tertiary/aromatic N) is 4. The first kappa shape index (κ1) is 29.2. The smallest absolute Gasteiger partial charge is 0.405 e. The van der Waals surface area contributed by atoms with Gasteiger partial charge in [-0.2, -0.15) is 25.9 Å². The van der Waals surface area contributed by atoms with Crippen LogP contribution in [-0.2, 0) is 16.8 Å². The summed E-state index contributed by atoms with van der Waals surface area (Å²) in [6.45, 7) is 5.28. The summed E-state index contributed by atoms with van der Waals surface area (Å²) in [5.41, 5.74) is -0.375. The molecule has 2 atom stereocenters. The molecule has 0 saturated carbocycles. The van der Waals surface area contributed by atoms with E-state index in [-0.39, 0.29) is 35.9 Å². The molecule has 14 heteroatoms. The Morgan fingerprint density at radius 2 is 2.00 bits per heavy atom. The van der Waals surface area contributed by atoms with Crippen LogP contribution < -0.4 is 14.4 Å². The number of aromatic nitrogens is 1. The van der Waals surface area contributed by atoms with Crippen molar-refractivity contribution >= 4 is 21.7 Å². The van der Waals surface area contributed by atoms with E-state index in [9.17, 15) is 31.1 Å². The van der Waals surface area contributed by atoms with Crippen molar-refractivity contribution in [2.75, 3.05) is 36.3 Å². The number of phenolic OH excluding ortho intramolecular Hbond substituents is 1. The molecule has 1 aromatic carbocycles. The number of phenols is 1. The Morgan fingerprint density at radius 3 is 2.64 bits per heavy atom.